The molecule has 2 aromatic carbocycles. The van der Waals surface area contributed by atoms with E-state index in [0.29, 0.717) is 5.69 Å². The number of imide groups is 1. The first-order valence-electron chi connectivity index (χ1n) is 9.27. The molecule has 0 radical (unpaired) electrons. The minimum absolute atomic E-state index is 0.0994. The number of aryl methyl sites for hydroxylation is 1. The zero-order chi connectivity index (χ0) is 17.7. The maximum atomic E-state index is 13.1. The van der Waals surface area contributed by atoms with Crippen LogP contribution in [0.15, 0.2) is 48.7 Å². The number of H-pyrrole nitrogens is 1. The number of benzene rings is 2. The fourth-order valence-corrected chi connectivity index (χ4v) is 4.41. The summed E-state index contributed by atoms with van der Waals surface area (Å²) in [4.78, 5) is 30.5. The van der Waals surface area contributed by atoms with Gasteiger partial charge in [-0.1, -0.05) is 30.3 Å². The first-order valence-corrected chi connectivity index (χ1v) is 9.27. The van der Waals surface area contributed by atoms with E-state index in [1.165, 1.54) is 22.6 Å². The Kier molecular flexibility index (Phi) is 3.45. The summed E-state index contributed by atoms with van der Waals surface area (Å²) in [6, 6.07) is 13.8. The Bertz CT molecular complexity index is 1030. The number of aromatic nitrogens is 1. The van der Waals surface area contributed by atoms with Crippen LogP contribution in [-0.4, -0.2) is 16.8 Å². The minimum atomic E-state index is -0.355. The lowest BCUT2D eigenvalue weighted by Crippen LogP contribution is -2.30. The lowest BCUT2D eigenvalue weighted by molar-refractivity contribution is -0.121. The second-order valence-corrected chi connectivity index (χ2v) is 7.26. The number of amides is 2. The van der Waals surface area contributed by atoms with Crippen LogP contribution in [0.4, 0.5) is 5.69 Å². The van der Waals surface area contributed by atoms with Crippen molar-refractivity contribution in [3.63, 3.8) is 0 Å². The number of hydrogen-bond donors (Lipinski definition) is 1. The van der Waals surface area contributed by atoms with E-state index in [2.05, 4.69) is 4.98 Å². The van der Waals surface area contributed by atoms with Crippen molar-refractivity contribution in [2.24, 2.45) is 0 Å². The zero-order valence-corrected chi connectivity index (χ0v) is 14.5. The third kappa shape index (κ3) is 2.29. The second-order valence-electron chi connectivity index (χ2n) is 7.26. The maximum Gasteiger partial charge on any atom is 0.241 e. The molecule has 1 N–H and O–H groups in total. The van der Waals surface area contributed by atoms with Gasteiger partial charge in [-0.25, -0.2) is 4.90 Å². The van der Waals surface area contributed by atoms with Crippen LogP contribution >= 0.6 is 0 Å². The van der Waals surface area contributed by atoms with E-state index < -0.39 is 0 Å². The Morgan fingerprint density at radius 1 is 0.962 bits per heavy atom. The second kappa shape index (κ2) is 5.84. The van der Waals surface area contributed by atoms with Crippen LogP contribution in [0.3, 0.4) is 0 Å². The fraction of sp³-hybridized carbons (Fsp3) is 0.273. The van der Waals surface area contributed by atoms with Crippen molar-refractivity contribution in [2.45, 2.75) is 38.0 Å². The predicted octanol–water partition coefficient (Wildman–Crippen LogP) is 4.09. The third-order valence-electron chi connectivity index (χ3n) is 5.73. The van der Waals surface area contributed by atoms with Gasteiger partial charge in [-0.05, 0) is 59.7 Å². The summed E-state index contributed by atoms with van der Waals surface area (Å²) in [5.74, 6) is -0.564. The van der Waals surface area contributed by atoms with Crippen LogP contribution in [-0.2, 0) is 22.4 Å². The van der Waals surface area contributed by atoms with Gasteiger partial charge in [-0.15, -0.1) is 0 Å². The molecule has 1 unspecified atom stereocenters. The van der Waals surface area contributed by atoms with Gasteiger partial charge in [0.05, 0.1) is 11.6 Å². The molecule has 3 aromatic rings. The molecule has 0 saturated carbocycles. The van der Waals surface area contributed by atoms with Gasteiger partial charge in [0.25, 0.3) is 0 Å². The Morgan fingerprint density at radius 2 is 1.77 bits per heavy atom. The van der Waals surface area contributed by atoms with Gasteiger partial charge in [0.2, 0.25) is 11.8 Å². The third-order valence-corrected chi connectivity index (χ3v) is 5.73. The SMILES string of the molecule is O=C1CC(c2c[nH]c3c2CCCC3)C(=O)N1c1ccc2ccccc2c1. The highest BCUT2D eigenvalue weighted by Gasteiger charge is 2.42. The van der Waals surface area contributed by atoms with Crippen molar-refractivity contribution in [1.29, 1.82) is 0 Å². The number of carbonyl (C=O) groups excluding carboxylic acids is 2. The summed E-state index contributed by atoms with van der Waals surface area (Å²) < 4.78 is 0. The molecule has 5 rings (SSSR count). The molecule has 1 aliphatic carbocycles. The molecule has 2 amide bonds. The molecule has 0 spiro atoms. The van der Waals surface area contributed by atoms with Crippen molar-refractivity contribution in [3.8, 4) is 0 Å². The van der Waals surface area contributed by atoms with Crippen molar-refractivity contribution in [3.05, 3.63) is 65.5 Å². The topological polar surface area (TPSA) is 53.2 Å². The Balaban J connectivity index is 1.52. The van der Waals surface area contributed by atoms with Gasteiger partial charge in [-0.2, -0.15) is 0 Å². The van der Waals surface area contributed by atoms with Gasteiger partial charge in [0.1, 0.15) is 0 Å². The first-order chi connectivity index (χ1) is 12.7. The number of carbonyl (C=O) groups is 2. The van der Waals surface area contributed by atoms with E-state index in [1.807, 2.05) is 48.7 Å². The first kappa shape index (κ1) is 15.4. The van der Waals surface area contributed by atoms with Gasteiger partial charge in [0.15, 0.2) is 0 Å². The largest absolute Gasteiger partial charge is 0.364 e. The van der Waals surface area contributed by atoms with Gasteiger partial charge in [-0.3, -0.25) is 9.59 Å². The molecule has 1 saturated heterocycles. The van der Waals surface area contributed by atoms with E-state index in [1.54, 1.807) is 0 Å². The standard InChI is InChI=1S/C22H20N2O2/c25-21-12-18(19-13-23-20-8-4-3-7-17(19)20)22(26)24(21)16-10-9-14-5-1-2-6-15(14)11-16/h1-2,5-6,9-11,13,18,23H,3-4,7-8,12H2. The lowest BCUT2D eigenvalue weighted by atomic mass is 9.89. The van der Waals surface area contributed by atoms with Crippen LogP contribution in [0.1, 0.15) is 42.0 Å². The summed E-state index contributed by atoms with van der Waals surface area (Å²) in [5, 5.41) is 2.14. The number of nitrogens with one attached hydrogen (secondary N) is 1. The number of hydrogen-bond acceptors (Lipinski definition) is 2. The molecule has 1 atom stereocenters. The molecule has 2 heterocycles. The molecule has 130 valence electrons. The number of rotatable bonds is 2. The van der Waals surface area contributed by atoms with Crippen LogP contribution < -0.4 is 4.90 Å². The number of anilines is 1. The summed E-state index contributed by atoms with van der Waals surface area (Å²) >= 11 is 0. The number of fused-ring (bicyclic) bond motifs is 2. The molecule has 0 bridgehead atoms. The molecule has 4 heteroatoms. The van der Waals surface area contributed by atoms with E-state index in [0.717, 1.165) is 35.6 Å². The molecule has 2 aliphatic rings. The molecule has 26 heavy (non-hydrogen) atoms. The monoisotopic (exact) mass is 344 g/mol. The molecule has 1 fully saturated rings. The summed E-state index contributed by atoms with van der Waals surface area (Å²) in [6.45, 7) is 0. The maximum absolute atomic E-state index is 13.1. The smallest absolute Gasteiger partial charge is 0.241 e. The zero-order valence-electron chi connectivity index (χ0n) is 14.5. The highest BCUT2D eigenvalue weighted by atomic mass is 16.2. The highest BCUT2D eigenvalue weighted by molar-refractivity contribution is 6.23. The van der Waals surface area contributed by atoms with Crippen LogP contribution in [0.5, 0.6) is 0 Å². The van der Waals surface area contributed by atoms with Gasteiger partial charge < -0.3 is 4.98 Å². The van der Waals surface area contributed by atoms with Crippen molar-refractivity contribution in [1.82, 2.24) is 4.98 Å². The average molecular weight is 344 g/mol. The number of aromatic amines is 1. The van der Waals surface area contributed by atoms with E-state index in [-0.39, 0.29) is 24.2 Å². The van der Waals surface area contributed by atoms with Crippen molar-refractivity contribution >= 4 is 28.3 Å². The Morgan fingerprint density at radius 3 is 2.65 bits per heavy atom. The molecular weight excluding hydrogens is 324 g/mol. The Hall–Kier alpha value is -2.88. The molecular formula is C22H20N2O2. The molecule has 1 aliphatic heterocycles. The van der Waals surface area contributed by atoms with Crippen LogP contribution in [0, 0.1) is 0 Å². The van der Waals surface area contributed by atoms with Crippen LogP contribution in [0.25, 0.3) is 10.8 Å². The lowest BCUT2D eigenvalue weighted by Gasteiger charge is -2.17. The Labute approximate surface area is 151 Å². The van der Waals surface area contributed by atoms with Crippen LogP contribution in [0.2, 0.25) is 0 Å². The highest BCUT2D eigenvalue weighted by Crippen LogP contribution is 2.38. The van der Waals surface area contributed by atoms with E-state index in [4.69, 9.17) is 0 Å². The molecule has 4 nitrogen and oxygen atoms in total. The summed E-state index contributed by atoms with van der Waals surface area (Å²) in [5.41, 5.74) is 4.21. The fourth-order valence-electron chi connectivity index (χ4n) is 4.41. The summed E-state index contributed by atoms with van der Waals surface area (Å²) in [7, 11) is 0. The van der Waals surface area contributed by atoms with E-state index >= 15 is 0 Å². The quantitative estimate of drug-likeness (QED) is 0.712. The minimum Gasteiger partial charge on any atom is -0.364 e. The predicted molar refractivity (Wildman–Crippen MR) is 101 cm³/mol. The summed E-state index contributed by atoms with van der Waals surface area (Å²) in [6.07, 6.45) is 6.60. The van der Waals surface area contributed by atoms with Crippen molar-refractivity contribution in [2.75, 3.05) is 4.90 Å². The van der Waals surface area contributed by atoms with Gasteiger partial charge >= 0.3 is 0 Å². The van der Waals surface area contributed by atoms with E-state index in [9.17, 15) is 9.59 Å². The average Bonchev–Trinajstić information content (AvgIpc) is 3.22. The number of nitrogens with zero attached hydrogens (tertiary/aromatic N) is 1. The normalized spacial score (nSPS) is 20.0. The van der Waals surface area contributed by atoms with Crippen molar-refractivity contribution < 1.29 is 9.59 Å². The molecule has 1 aromatic heterocycles. The van der Waals surface area contributed by atoms with Gasteiger partial charge in [0, 0.05) is 18.3 Å².